The molecular formula is C22H26N4O4S. The van der Waals surface area contributed by atoms with E-state index in [0.717, 1.165) is 31.1 Å². The number of anilines is 1. The number of pyridine rings is 1. The molecule has 9 heteroatoms. The van der Waals surface area contributed by atoms with Crippen LogP contribution >= 0.6 is 0 Å². The SMILES string of the molecule is Cc1cc(NC(=O)CN(CC2CCCCC2)S(=O)(=O)c2cccc3cccnc23)no1. The molecule has 1 aliphatic carbocycles. The van der Waals surface area contributed by atoms with Crippen LogP contribution in [0.3, 0.4) is 0 Å². The number of rotatable bonds is 7. The number of nitrogens with one attached hydrogen (secondary N) is 1. The lowest BCUT2D eigenvalue weighted by Gasteiger charge is -2.29. The maximum atomic E-state index is 13.7. The molecule has 0 aliphatic heterocycles. The summed E-state index contributed by atoms with van der Waals surface area (Å²) in [7, 11) is -3.94. The van der Waals surface area contributed by atoms with Crippen molar-refractivity contribution in [3.8, 4) is 0 Å². The molecule has 4 rings (SSSR count). The first-order chi connectivity index (χ1) is 14.9. The Morgan fingerprint density at radius 2 is 1.97 bits per heavy atom. The first-order valence-electron chi connectivity index (χ1n) is 10.5. The van der Waals surface area contributed by atoms with Gasteiger partial charge >= 0.3 is 0 Å². The first-order valence-corrected chi connectivity index (χ1v) is 11.9. The fraction of sp³-hybridized carbons (Fsp3) is 0.409. The van der Waals surface area contributed by atoms with Crippen molar-refractivity contribution in [1.29, 1.82) is 0 Å². The Bertz CT molecular complexity index is 1160. The molecule has 1 saturated carbocycles. The summed E-state index contributed by atoms with van der Waals surface area (Å²) in [5.74, 6) is 0.600. The van der Waals surface area contributed by atoms with Crippen LogP contribution in [0.5, 0.6) is 0 Å². The second kappa shape index (κ2) is 9.15. The van der Waals surface area contributed by atoms with Crippen molar-refractivity contribution >= 4 is 32.7 Å². The molecule has 1 aliphatic rings. The highest BCUT2D eigenvalue weighted by molar-refractivity contribution is 7.89. The number of carbonyl (C=O) groups excluding carboxylic acids is 1. The van der Waals surface area contributed by atoms with E-state index in [4.69, 9.17) is 4.52 Å². The van der Waals surface area contributed by atoms with Gasteiger partial charge in [0.05, 0.1) is 12.1 Å². The number of amides is 1. The van der Waals surface area contributed by atoms with Crippen molar-refractivity contribution in [2.45, 2.75) is 43.9 Å². The van der Waals surface area contributed by atoms with E-state index in [1.165, 1.54) is 10.7 Å². The summed E-state index contributed by atoms with van der Waals surface area (Å²) in [5, 5.41) is 7.12. The van der Waals surface area contributed by atoms with Gasteiger partial charge in [-0.1, -0.05) is 42.6 Å². The molecule has 0 bridgehead atoms. The van der Waals surface area contributed by atoms with Crippen molar-refractivity contribution in [3.63, 3.8) is 0 Å². The number of benzene rings is 1. The Balaban J connectivity index is 1.64. The van der Waals surface area contributed by atoms with Gasteiger partial charge < -0.3 is 9.84 Å². The molecule has 2 aromatic heterocycles. The second-order valence-corrected chi connectivity index (χ2v) is 9.91. The number of hydrogen-bond donors (Lipinski definition) is 1. The monoisotopic (exact) mass is 442 g/mol. The summed E-state index contributed by atoms with van der Waals surface area (Å²) in [6.45, 7) is 1.72. The van der Waals surface area contributed by atoms with Crippen molar-refractivity contribution in [2.24, 2.45) is 5.92 Å². The van der Waals surface area contributed by atoms with Crippen LogP contribution in [0.2, 0.25) is 0 Å². The van der Waals surface area contributed by atoms with Crippen molar-refractivity contribution in [2.75, 3.05) is 18.4 Å². The minimum Gasteiger partial charge on any atom is -0.360 e. The Hall–Kier alpha value is -2.78. The summed E-state index contributed by atoms with van der Waals surface area (Å²) >= 11 is 0. The molecule has 2 heterocycles. The van der Waals surface area contributed by atoms with E-state index in [1.54, 1.807) is 37.4 Å². The predicted molar refractivity (Wildman–Crippen MR) is 117 cm³/mol. The summed E-state index contributed by atoms with van der Waals surface area (Å²) in [5.41, 5.74) is 0.408. The third kappa shape index (κ3) is 4.94. The average molecular weight is 443 g/mol. The summed E-state index contributed by atoms with van der Waals surface area (Å²) in [4.78, 5) is 17.1. The van der Waals surface area contributed by atoms with Crippen LogP contribution in [-0.2, 0) is 14.8 Å². The zero-order valence-corrected chi connectivity index (χ0v) is 18.3. The van der Waals surface area contributed by atoms with E-state index in [9.17, 15) is 13.2 Å². The Morgan fingerprint density at radius 1 is 1.19 bits per heavy atom. The number of aryl methyl sites for hydroxylation is 1. The lowest BCUT2D eigenvalue weighted by molar-refractivity contribution is -0.116. The van der Waals surface area contributed by atoms with Crippen LogP contribution in [0.15, 0.2) is 52.0 Å². The van der Waals surface area contributed by atoms with E-state index in [0.29, 0.717) is 17.8 Å². The molecule has 3 aromatic rings. The minimum atomic E-state index is -3.94. The van der Waals surface area contributed by atoms with Crippen LogP contribution in [0.1, 0.15) is 37.9 Å². The van der Waals surface area contributed by atoms with Crippen LogP contribution in [0.4, 0.5) is 5.82 Å². The molecule has 0 unspecified atom stereocenters. The normalized spacial score (nSPS) is 15.4. The third-order valence-corrected chi connectivity index (χ3v) is 7.46. The average Bonchev–Trinajstić information content (AvgIpc) is 3.18. The third-order valence-electron chi connectivity index (χ3n) is 5.62. The molecule has 1 N–H and O–H groups in total. The highest BCUT2D eigenvalue weighted by Gasteiger charge is 2.31. The van der Waals surface area contributed by atoms with Crippen molar-refractivity contribution in [1.82, 2.24) is 14.4 Å². The molecular weight excluding hydrogens is 416 g/mol. The molecule has 164 valence electrons. The molecule has 0 radical (unpaired) electrons. The number of para-hydroxylation sites is 1. The maximum Gasteiger partial charge on any atom is 0.245 e. The van der Waals surface area contributed by atoms with Crippen molar-refractivity contribution in [3.05, 3.63) is 48.4 Å². The molecule has 31 heavy (non-hydrogen) atoms. The standard InChI is InChI=1S/C22H26N4O4S/c1-16-13-20(25-30-16)24-21(27)15-26(14-17-7-3-2-4-8-17)31(28,29)19-11-5-9-18-10-6-12-23-22(18)19/h5-6,9-13,17H,2-4,7-8,14-15H2,1H3,(H,24,25,27). The van der Waals surface area contributed by atoms with Crippen LogP contribution < -0.4 is 5.32 Å². The number of carbonyl (C=O) groups is 1. The largest absolute Gasteiger partial charge is 0.360 e. The molecule has 0 spiro atoms. The fourth-order valence-corrected chi connectivity index (χ4v) is 5.73. The topological polar surface area (TPSA) is 105 Å². The number of nitrogens with zero attached hydrogens (tertiary/aromatic N) is 3. The highest BCUT2D eigenvalue weighted by Crippen LogP contribution is 2.29. The molecule has 0 atom stereocenters. The quantitative estimate of drug-likeness (QED) is 0.598. The maximum absolute atomic E-state index is 13.7. The number of fused-ring (bicyclic) bond motifs is 1. The summed E-state index contributed by atoms with van der Waals surface area (Å²) < 4.78 is 33.6. The van der Waals surface area contributed by atoms with Gasteiger partial charge in [0.1, 0.15) is 10.7 Å². The van der Waals surface area contributed by atoms with E-state index in [1.807, 2.05) is 12.1 Å². The van der Waals surface area contributed by atoms with Gasteiger partial charge in [0.25, 0.3) is 0 Å². The van der Waals surface area contributed by atoms with Gasteiger partial charge in [0.15, 0.2) is 5.82 Å². The minimum absolute atomic E-state index is 0.117. The molecule has 1 aromatic carbocycles. The van der Waals surface area contributed by atoms with Gasteiger partial charge in [0, 0.05) is 24.2 Å². The number of aromatic nitrogens is 2. The lowest BCUT2D eigenvalue weighted by Crippen LogP contribution is -2.41. The van der Waals surface area contributed by atoms with E-state index >= 15 is 0 Å². The molecule has 8 nitrogen and oxygen atoms in total. The smallest absolute Gasteiger partial charge is 0.245 e. The van der Waals surface area contributed by atoms with Gasteiger partial charge in [-0.05, 0) is 37.8 Å². The number of hydrogen-bond acceptors (Lipinski definition) is 6. The molecule has 1 fully saturated rings. The van der Waals surface area contributed by atoms with Crippen LogP contribution in [-0.4, -0.2) is 41.9 Å². The summed E-state index contributed by atoms with van der Waals surface area (Å²) in [6, 6.07) is 10.3. The fourth-order valence-electron chi connectivity index (χ4n) is 4.10. The van der Waals surface area contributed by atoms with Crippen molar-refractivity contribution < 1.29 is 17.7 Å². The Labute approximate surface area is 181 Å². The van der Waals surface area contributed by atoms with Gasteiger partial charge in [0.2, 0.25) is 15.9 Å². The zero-order valence-electron chi connectivity index (χ0n) is 17.5. The lowest BCUT2D eigenvalue weighted by atomic mass is 9.89. The van der Waals surface area contributed by atoms with Crippen LogP contribution in [0.25, 0.3) is 10.9 Å². The Kier molecular flexibility index (Phi) is 6.33. The zero-order chi connectivity index (χ0) is 21.8. The van der Waals surface area contributed by atoms with Gasteiger partial charge in [-0.3, -0.25) is 9.78 Å². The van der Waals surface area contributed by atoms with E-state index < -0.39 is 15.9 Å². The summed E-state index contributed by atoms with van der Waals surface area (Å²) in [6.07, 6.45) is 6.83. The Morgan fingerprint density at radius 3 is 2.71 bits per heavy atom. The molecule has 0 saturated heterocycles. The van der Waals surface area contributed by atoms with Crippen LogP contribution in [0, 0.1) is 12.8 Å². The number of sulfonamides is 1. The predicted octanol–water partition coefficient (Wildman–Crippen LogP) is 3.74. The molecule has 1 amide bonds. The van der Waals surface area contributed by atoms with Gasteiger partial charge in [-0.2, -0.15) is 4.31 Å². The van der Waals surface area contributed by atoms with Gasteiger partial charge in [-0.15, -0.1) is 0 Å². The van der Waals surface area contributed by atoms with Gasteiger partial charge in [-0.25, -0.2) is 8.42 Å². The second-order valence-electron chi connectivity index (χ2n) is 8.00. The van der Waals surface area contributed by atoms with E-state index in [-0.39, 0.29) is 23.2 Å². The highest BCUT2D eigenvalue weighted by atomic mass is 32.2. The first kappa shape index (κ1) is 21.5. The van der Waals surface area contributed by atoms with E-state index in [2.05, 4.69) is 15.5 Å².